The lowest BCUT2D eigenvalue weighted by atomic mass is 10.3. The van der Waals surface area contributed by atoms with Crippen molar-refractivity contribution in [2.45, 2.75) is 16.2 Å². The zero-order chi connectivity index (χ0) is 20.4. The van der Waals surface area contributed by atoms with E-state index in [9.17, 15) is 17.2 Å². The number of guanidine groups is 1. The summed E-state index contributed by atoms with van der Waals surface area (Å²) in [7, 11) is -2.12. The van der Waals surface area contributed by atoms with Gasteiger partial charge in [-0.25, -0.2) is 17.2 Å². The van der Waals surface area contributed by atoms with Gasteiger partial charge in [0.1, 0.15) is 16.5 Å². The van der Waals surface area contributed by atoms with E-state index in [1.807, 2.05) is 0 Å². The first-order chi connectivity index (χ1) is 13.4. The van der Waals surface area contributed by atoms with Gasteiger partial charge in [0.2, 0.25) is 0 Å². The van der Waals surface area contributed by atoms with Gasteiger partial charge < -0.3 is 10.6 Å². The van der Waals surface area contributed by atoms with E-state index in [1.165, 1.54) is 30.3 Å². The van der Waals surface area contributed by atoms with Gasteiger partial charge >= 0.3 is 0 Å². The molecule has 0 atom stereocenters. The first-order valence-corrected chi connectivity index (χ1v) is 11.4. The number of rotatable bonds is 9. The van der Waals surface area contributed by atoms with Crippen LogP contribution in [0, 0.1) is 11.6 Å². The molecule has 2 aromatic rings. The van der Waals surface area contributed by atoms with Gasteiger partial charge in [-0.3, -0.25) is 4.99 Å². The molecule has 0 radical (unpaired) electrons. The molecule has 0 amide bonds. The first kappa shape index (κ1) is 25.6. The molecule has 0 aromatic heterocycles. The highest BCUT2D eigenvalue weighted by Crippen LogP contribution is 2.18. The van der Waals surface area contributed by atoms with Crippen molar-refractivity contribution in [1.29, 1.82) is 0 Å². The van der Waals surface area contributed by atoms with Crippen LogP contribution in [0.5, 0.6) is 0 Å². The molecule has 2 rings (SSSR count). The highest BCUT2D eigenvalue weighted by molar-refractivity contribution is 14.0. The lowest BCUT2D eigenvalue weighted by Crippen LogP contribution is -2.40. The summed E-state index contributed by atoms with van der Waals surface area (Å²) in [5.41, 5.74) is 0. The number of thioether (sulfide) groups is 1. The minimum Gasteiger partial charge on any atom is -0.356 e. The second kappa shape index (κ2) is 13.0. The van der Waals surface area contributed by atoms with Crippen molar-refractivity contribution in [3.8, 4) is 0 Å². The lowest BCUT2D eigenvalue weighted by Gasteiger charge is -2.12. The number of sulfone groups is 1. The van der Waals surface area contributed by atoms with Crippen LogP contribution >= 0.6 is 35.7 Å². The van der Waals surface area contributed by atoms with Crippen LogP contribution in [0.1, 0.15) is 6.42 Å². The molecule has 0 heterocycles. The predicted molar refractivity (Wildman–Crippen MR) is 125 cm³/mol. The van der Waals surface area contributed by atoms with E-state index in [1.54, 1.807) is 30.9 Å². The monoisotopic (exact) mass is 555 g/mol. The number of nitrogens with one attached hydrogen (secondary N) is 2. The summed E-state index contributed by atoms with van der Waals surface area (Å²) in [5, 5.41) is 6.02. The van der Waals surface area contributed by atoms with E-state index in [2.05, 4.69) is 15.6 Å². The largest absolute Gasteiger partial charge is 0.356 e. The Hall–Kier alpha value is -1.40. The van der Waals surface area contributed by atoms with E-state index in [-0.39, 0.29) is 47.0 Å². The Kier molecular flexibility index (Phi) is 11.5. The molecule has 0 fully saturated rings. The zero-order valence-corrected chi connectivity index (χ0v) is 19.9. The Morgan fingerprint density at radius 3 is 2.34 bits per heavy atom. The highest BCUT2D eigenvalue weighted by atomic mass is 127. The molecule has 0 unspecified atom stereocenters. The Bertz CT molecular complexity index is 895. The SMILES string of the molecule is CN=C(NCCCSc1ccc(F)cc1)NCCS(=O)(=O)c1ccccc1F.I. The molecule has 0 saturated heterocycles. The van der Waals surface area contributed by atoms with E-state index in [0.717, 1.165) is 23.1 Å². The fraction of sp³-hybridized carbons (Fsp3) is 0.316. The third-order valence-corrected chi connectivity index (χ3v) is 6.60. The Morgan fingerprint density at radius 2 is 1.69 bits per heavy atom. The number of nitrogens with zero attached hydrogens (tertiary/aromatic N) is 1. The summed E-state index contributed by atoms with van der Waals surface area (Å²) in [6.45, 7) is 0.759. The summed E-state index contributed by atoms with van der Waals surface area (Å²) in [4.78, 5) is 4.75. The van der Waals surface area contributed by atoms with Crippen LogP contribution in [0.2, 0.25) is 0 Å². The minimum absolute atomic E-state index is 0. The topological polar surface area (TPSA) is 70.6 Å². The molecule has 0 bridgehead atoms. The molecule has 2 aromatic carbocycles. The predicted octanol–water partition coefficient (Wildman–Crippen LogP) is 3.70. The van der Waals surface area contributed by atoms with Crippen molar-refractivity contribution in [2.24, 2.45) is 4.99 Å². The van der Waals surface area contributed by atoms with E-state index in [4.69, 9.17) is 0 Å². The van der Waals surface area contributed by atoms with E-state index < -0.39 is 15.7 Å². The highest BCUT2D eigenvalue weighted by Gasteiger charge is 2.18. The molecular weight excluding hydrogens is 531 g/mol. The van der Waals surface area contributed by atoms with Gasteiger partial charge in [0, 0.05) is 25.0 Å². The third kappa shape index (κ3) is 8.87. The van der Waals surface area contributed by atoms with Crippen LogP contribution in [0.15, 0.2) is 63.3 Å². The molecule has 10 heteroatoms. The van der Waals surface area contributed by atoms with E-state index >= 15 is 0 Å². The van der Waals surface area contributed by atoms with Gasteiger partial charge in [-0.1, -0.05) is 12.1 Å². The fourth-order valence-corrected chi connectivity index (χ4v) is 4.43. The second-order valence-electron chi connectivity index (χ2n) is 5.83. The fourth-order valence-electron chi connectivity index (χ4n) is 2.33. The Labute approximate surface area is 191 Å². The van der Waals surface area contributed by atoms with Crippen molar-refractivity contribution in [3.05, 3.63) is 60.2 Å². The second-order valence-corrected chi connectivity index (χ2v) is 9.08. The number of hydrogen-bond donors (Lipinski definition) is 2. The quantitative estimate of drug-likeness (QED) is 0.162. The summed E-state index contributed by atoms with van der Waals surface area (Å²) in [6.07, 6.45) is 0.844. The molecule has 0 saturated carbocycles. The molecule has 0 aliphatic heterocycles. The number of hydrogen-bond acceptors (Lipinski definition) is 4. The maximum absolute atomic E-state index is 13.7. The third-order valence-electron chi connectivity index (χ3n) is 3.75. The Morgan fingerprint density at radius 1 is 1.03 bits per heavy atom. The molecule has 0 spiro atoms. The molecule has 160 valence electrons. The molecule has 0 aliphatic rings. The van der Waals surface area contributed by atoms with Crippen LogP contribution in [0.4, 0.5) is 8.78 Å². The first-order valence-electron chi connectivity index (χ1n) is 8.72. The van der Waals surface area contributed by atoms with Gasteiger partial charge in [0.05, 0.1) is 5.75 Å². The van der Waals surface area contributed by atoms with Gasteiger partial charge in [-0.2, -0.15) is 0 Å². The number of halogens is 3. The van der Waals surface area contributed by atoms with Gasteiger partial charge in [-0.15, -0.1) is 35.7 Å². The Balaban J connectivity index is 0.00000420. The smallest absolute Gasteiger partial charge is 0.191 e. The average Bonchev–Trinajstić information content (AvgIpc) is 2.68. The number of benzene rings is 2. The molecule has 29 heavy (non-hydrogen) atoms. The molecule has 2 N–H and O–H groups in total. The standard InChI is InChI=1S/C19H23F2N3O2S2.HI/c1-22-19(23-11-4-13-27-16-9-7-15(20)8-10-16)24-12-14-28(25,26)18-6-3-2-5-17(18)21;/h2-3,5-10H,4,11-14H2,1H3,(H2,22,23,24);1H. The minimum atomic E-state index is -3.71. The molecule has 5 nitrogen and oxygen atoms in total. The van der Waals surface area contributed by atoms with Crippen molar-refractivity contribution in [1.82, 2.24) is 10.6 Å². The van der Waals surface area contributed by atoms with Crippen molar-refractivity contribution in [2.75, 3.05) is 31.6 Å². The number of aliphatic imine (C=N–C) groups is 1. The van der Waals surface area contributed by atoms with Gasteiger partial charge in [0.15, 0.2) is 15.8 Å². The van der Waals surface area contributed by atoms with Crippen LogP contribution < -0.4 is 10.6 Å². The summed E-state index contributed by atoms with van der Waals surface area (Å²) in [5.74, 6) is 0.0869. The summed E-state index contributed by atoms with van der Waals surface area (Å²) < 4.78 is 50.9. The van der Waals surface area contributed by atoms with Crippen molar-refractivity contribution in [3.63, 3.8) is 0 Å². The van der Waals surface area contributed by atoms with Crippen molar-refractivity contribution < 1.29 is 17.2 Å². The van der Waals surface area contributed by atoms with Crippen LogP contribution in [0.25, 0.3) is 0 Å². The maximum atomic E-state index is 13.7. The molecular formula is C19H24F2IN3O2S2. The summed E-state index contributed by atoms with van der Waals surface area (Å²) >= 11 is 1.63. The normalized spacial score (nSPS) is 11.6. The van der Waals surface area contributed by atoms with Crippen molar-refractivity contribution >= 4 is 51.5 Å². The van der Waals surface area contributed by atoms with Crippen LogP contribution in [-0.4, -0.2) is 46.0 Å². The maximum Gasteiger partial charge on any atom is 0.191 e. The van der Waals surface area contributed by atoms with Crippen LogP contribution in [0.3, 0.4) is 0 Å². The van der Waals surface area contributed by atoms with Gasteiger partial charge in [0.25, 0.3) is 0 Å². The van der Waals surface area contributed by atoms with E-state index in [0.29, 0.717) is 12.5 Å². The van der Waals surface area contributed by atoms with Crippen LogP contribution in [-0.2, 0) is 9.84 Å². The summed E-state index contributed by atoms with van der Waals surface area (Å²) in [6, 6.07) is 11.7. The molecule has 0 aliphatic carbocycles. The zero-order valence-electron chi connectivity index (χ0n) is 15.9. The van der Waals surface area contributed by atoms with Gasteiger partial charge in [-0.05, 0) is 48.6 Å². The average molecular weight is 555 g/mol. The lowest BCUT2D eigenvalue weighted by molar-refractivity contribution is 0.566.